The van der Waals surface area contributed by atoms with E-state index in [4.69, 9.17) is 4.74 Å². The molecule has 0 radical (unpaired) electrons. The number of fused-ring (bicyclic) bond motifs is 1. The van der Waals surface area contributed by atoms with Crippen molar-refractivity contribution in [3.8, 4) is 0 Å². The molecule has 2 aromatic rings. The Morgan fingerprint density at radius 1 is 1.16 bits per heavy atom. The second-order valence-electron chi connectivity index (χ2n) is 6.23. The average Bonchev–Trinajstić information content (AvgIpc) is 2.63. The van der Waals surface area contributed by atoms with E-state index < -0.39 is 7.80 Å². The fourth-order valence-electron chi connectivity index (χ4n) is 2.57. The van der Waals surface area contributed by atoms with Gasteiger partial charge in [0.1, 0.15) is 6.16 Å². The standard InChI is InChI=1S/C20H26O3PS/c1-3-23-20(21)11-8-16(2)12-13-24(22)15-25-19-10-9-17-6-4-5-7-18(17)14-19/h4-7,9-10,14,16H,3,8,11-13,15H2,1-2H3/q+1. The van der Waals surface area contributed by atoms with Gasteiger partial charge in [0.05, 0.1) is 6.61 Å². The van der Waals surface area contributed by atoms with Crippen LogP contribution in [-0.4, -0.2) is 24.2 Å². The fraction of sp³-hybridized carbons (Fsp3) is 0.450. The zero-order valence-electron chi connectivity index (χ0n) is 14.9. The monoisotopic (exact) mass is 377 g/mol. The topological polar surface area (TPSA) is 43.4 Å². The number of thioether (sulfide) groups is 1. The van der Waals surface area contributed by atoms with E-state index in [9.17, 15) is 9.36 Å². The summed E-state index contributed by atoms with van der Waals surface area (Å²) < 4.78 is 17.2. The molecule has 0 fully saturated rings. The van der Waals surface area contributed by atoms with Crippen molar-refractivity contribution < 1.29 is 14.1 Å². The summed E-state index contributed by atoms with van der Waals surface area (Å²) in [6.07, 6.45) is 2.88. The van der Waals surface area contributed by atoms with Crippen LogP contribution in [0.4, 0.5) is 0 Å². The molecule has 0 saturated carbocycles. The van der Waals surface area contributed by atoms with Crippen molar-refractivity contribution in [1.29, 1.82) is 0 Å². The highest BCUT2D eigenvalue weighted by Gasteiger charge is 2.18. The lowest BCUT2D eigenvalue weighted by molar-refractivity contribution is -0.143. The Bertz CT molecular complexity index is 717. The number of ether oxygens (including phenoxy) is 1. The Labute approximate surface area is 155 Å². The Morgan fingerprint density at radius 2 is 1.92 bits per heavy atom. The Kier molecular flexibility index (Phi) is 8.43. The molecule has 2 unspecified atom stereocenters. The summed E-state index contributed by atoms with van der Waals surface area (Å²) in [4.78, 5) is 12.5. The molecule has 134 valence electrons. The number of hydrogen-bond acceptors (Lipinski definition) is 4. The molecule has 0 amide bonds. The van der Waals surface area contributed by atoms with Gasteiger partial charge in [-0.25, -0.2) is 0 Å². The highest BCUT2D eigenvalue weighted by molar-refractivity contribution is 8.03. The summed E-state index contributed by atoms with van der Waals surface area (Å²) in [7, 11) is -1.22. The van der Waals surface area contributed by atoms with Gasteiger partial charge in [-0.1, -0.05) is 53.6 Å². The van der Waals surface area contributed by atoms with E-state index in [1.807, 2.05) is 19.1 Å². The van der Waals surface area contributed by atoms with Crippen LogP contribution in [0.15, 0.2) is 47.4 Å². The number of benzene rings is 2. The first kappa shape index (κ1) is 19.9. The minimum Gasteiger partial charge on any atom is -0.466 e. The van der Waals surface area contributed by atoms with Crippen molar-refractivity contribution in [2.75, 3.05) is 18.3 Å². The molecule has 3 nitrogen and oxygen atoms in total. The molecular formula is C20H26O3PS+. The maximum atomic E-state index is 12.3. The fourth-order valence-corrected chi connectivity index (χ4v) is 5.37. The molecule has 0 aromatic heterocycles. The van der Waals surface area contributed by atoms with Crippen molar-refractivity contribution in [3.63, 3.8) is 0 Å². The molecule has 0 aliphatic heterocycles. The molecule has 0 aliphatic carbocycles. The first-order valence-electron chi connectivity index (χ1n) is 8.77. The molecule has 2 aromatic carbocycles. The van der Waals surface area contributed by atoms with Crippen molar-refractivity contribution in [2.45, 2.75) is 38.0 Å². The molecule has 25 heavy (non-hydrogen) atoms. The first-order chi connectivity index (χ1) is 12.1. The predicted octanol–water partition coefficient (Wildman–Crippen LogP) is 6.09. The average molecular weight is 377 g/mol. The van der Waals surface area contributed by atoms with E-state index in [1.54, 1.807) is 11.8 Å². The van der Waals surface area contributed by atoms with Crippen LogP contribution >= 0.6 is 19.6 Å². The smallest absolute Gasteiger partial charge is 0.349 e. The highest BCUT2D eigenvalue weighted by Crippen LogP contribution is 2.34. The molecule has 0 N–H and O–H groups in total. The molecule has 5 heteroatoms. The lowest BCUT2D eigenvalue weighted by Gasteiger charge is -2.07. The van der Waals surface area contributed by atoms with Crippen LogP contribution in [-0.2, 0) is 14.1 Å². The van der Waals surface area contributed by atoms with Gasteiger partial charge in [0, 0.05) is 11.3 Å². The zero-order valence-corrected chi connectivity index (χ0v) is 16.7. The third-order valence-electron chi connectivity index (χ3n) is 4.11. The quantitative estimate of drug-likeness (QED) is 0.286. The van der Waals surface area contributed by atoms with E-state index in [1.165, 1.54) is 10.8 Å². The number of carbonyl (C=O) groups is 1. The van der Waals surface area contributed by atoms with E-state index in [0.29, 0.717) is 24.4 Å². The molecule has 0 aliphatic rings. The normalized spacial score (nSPS) is 12.8. The van der Waals surface area contributed by atoms with Gasteiger partial charge >= 0.3 is 13.8 Å². The second-order valence-corrected chi connectivity index (χ2v) is 9.43. The number of esters is 1. The van der Waals surface area contributed by atoms with Crippen LogP contribution in [0.3, 0.4) is 0 Å². The molecule has 0 spiro atoms. The molecule has 0 heterocycles. The van der Waals surface area contributed by atoms with E-state index in [2.05, 4.69) is 37.3 Å². The van der Waals surface area contributed by atoms with Crippen molar-refractivity contribution in [3.05, 3.63) is 42.5 Å². The van der Waals surface area contributed by atoms with Gasteiger partial charge in [-0.05, 0) is 48.6 Å². The van der Waals surface area contributed by atoms with Gasteiger partial charge in [-0.2, -0.15) is 0 Å². The van der Waals surface area contributed by atoms with Crippen molar-refractivity contribution >= 4 is 36.3 Å². The van der Waals surface area contributed by atoms with Crippen LogP contribution in [0, 0.1) is 5.92 Å². The first-order valence-corrected chi connectivity index (χ1v) is 11.4. The summed E-state index contributed by atoms with van der Waals surface area (Å²) in [5.74, 6) is 0.264. The maximum absolute atomic E-state index is 12.3. The third-order valence-corrected chi connectivity index (χ3v) is 7.13. The van der Waals surface area contributed by atoms with Gasteiger partial charge < -0.3 is 4.74 Å². The molecule has 0 bridgehead atoms. The lowest BCUT2D eigenvalue weighted by Crippen LogP contribution is -2.07. The van der Waals surface area contributed by atoms with Crippen molar-refractivity contribution in [1.82, 2.24) is 0 Å². The van der Waals surface area contributed by atoms with Gasteiger partial charge in [-0.3, -0.25) is 4.79 Å². The summed E-state index contributed by atoms with van der Waals surface area (Å²) in [5.41, 5.74) is 0.651. The summed E-state index contributed by atoms with van der Waals surface area (Å²) in [6, 6.07) is 14.6. The van der Waals surface area contributed by atoms with E-state index in [0.717, 1.165) is 23.9 Å². The van der Waals surface area contributed by atoms with Gasteiger partial charge in [0.2, 0.25) is 0 Å². The minimum atomic E-state index is -1.22. The van der Waals surface area contributed by atoms with E-state index >= 15 is 0 Å². The van der Waals surface area contributed by atoms with Crippen molar-refractivity contribution in [2.24, 2.45) is 5.92 Å². The number of rotatable bonds is 10. The summed E-state index contributed by atoms with van der Waals surface area (Å²) >= 11 is 1.66. The van der Waals surface area contributed by atoms with Gasteiger partial charge in [0.15, 0.2) is 5.49 Å². The molecular weight excluding hydrogens is 351 g/mol. The van der Waals surface area contributed by atoms with Gasteiger partial charge in [0.25, 0.3) is 0 Å². The summed E-state index contributed by atoms with van der Waals surface area (Å²) in [6.45, 7) is 4.36. The molecule has 2 atom stereocenters. The van der Waals surface area contributed by atoms with Crippen LogP contribution in [0.2, 0.25) is 0 Å². The Morgan fingerprint density at radius 3 is 2.68 bits per heavy atom. The molecule has 0 saturated heterocycles. The van der Waals surface area contributed by atoms with Crippen LogP contribution in [0.1, 0.15) is 33.1 Å². The Hall–Kier alpha value is -1.38. The highest BCUT2D eigenvalue weighted by atomic mass is 32.2. The largest absolute Gasteiger partial charge is 0.466 e. The van der Waals surface area contributed by atoms with Gasteiger partial charge in [-0.15, -0.1) is 0 Å². The SMILES string of the molecule is CCOC(=O)CCC(C)CC[P+](=O)CSc1ccc2ccccc2c1. The summed E-state index contributed by atoms with van der Waals surface area (Å²) in [5, 5.41) is 2.45. The van der Waals surface area contributed by atoms with Crippen LogP contribution in [0.25, 0.3) is 10.8 Å². The molecule has 2 rings (SSSR count). The zero-order chi connectivity index (χ0) is 18.1. The third kappa shape index (κ3) is 7.17. The van der Waals surface area contributed by atoms with Crippen LogP contribution in [0.5, 0.6) is 0 Å². The minimum absolute atomic E-state index is 0.134. The second kappa shape index (κ2) is 10.6. The van der Waals surface area contributed by atoms with Crippen LogP contribution < -0.4 is 0 Å². The number of hydrogen-bond donors (Lipinski definition) is 0. The number of carbonyl (C=O) groups excluding carboxylic acids is 1. The van der Waals surface area contributed by atoms with E-state index in [-0.39, 0.29) is 5.97 Å². The maximum Gasteiger partial charge on any atom is 0.349 e. The predicted molar refractivity (Wildman–Crippen MR) is 107 cm³/mol. The lowest BCUT2D eigenvalue weighted by atomic mass is 10.0. The Balaban J connectivity index is 1.70.